The van der Waals surface area contributed by atoms with Gasteiger partial charge in [-0.15, -0.1) is 0 Å². The van der Waals surface area contributed by atoms with Crippen LogP contribution in [0.3, 0.4) is 0 Å². The summed E-state index contributed by atoms with van der Waals surface area (Å²) >= 11 is 0. The van der Waals surface area contributed by atoms with Crippen LogP contribution in [0.2, 0.25) is 0 Å². The summed E-state index contributed by atoms with van der Waals surface area (Å²) in [5.74, 6) is -0.0352. The summed E-state index contributed by atoms with van der Waals surface area (Å²) in [7, 11) is 0. The molecule has 0 fully saturated rings. The molecule has 0 saturated carbocycles. The third-order valence-corrected chi connectivity index (χ3v) is 2.89. The number of H-pyrrole nitrogens is 1. The zero-order valence-electron chi connectivity index (χ0n) is 11.1. The molecule has 0 aliphatic heterocycles. The Labute approximate surface area is 115 Å². The lowest BCUT2D eigenvalue weighted by atomic mass is 10.2. The molecule has 0 unspecified atom stereocenters. The average molecular weight is 267 g/mol. The number of nitrogens with zero attached hydrogens (tertiary/aromatic N) is 3. The van der Waals surface area contributed by atoms with Gasteiger partial charge in [0.2, 0.25) is 5.95 Å². The molecule has 3 aromatic rings. The van der Waals surface area contributed by atoms with Crippen LogP contribution >= 0.6 is 0 Å². The maximum atomic E-state index is 12.2. The number of carbonyl (C=O) groups is 1. The number of aromatic nitrogens is 4. The van der Waals surface area contributed by atoms with Gasteiger partial charge in [0.15, 0.2) is 5.69 Å². The summed E-state index contributed by atoms with van der Waals surface area (Å²) in [6.45, 7) is 3.71. The van der Waals surface area contributed by atoms with Crippen molar-refractivity contribution < 1.29 is 4.79 Å². The molecule has 1 amide bonds. The average Bonchev–Trinajstić information content (AvgIpc) is 2.81. The van der Waals surface area contributed by atoms with Crippen molar-refractivity contribution in [1.29, 1.82) is 0 Å². The van der Waals surface area contributed by atoms with Crippen LogP contribution in [-0.4, -0.2) is 26.1 Å². The van der Waals surface area contributed by atoms with Gasteiger partial charge >= 0.3 is 0 Å². The molecule has 0 bridgehead atoms. The van der Waals surface area contributed by atoms with E-state index in [9.17, 15) is 4.79 Å². The zero-order valence-corrected chi connectivity index (χ0v) is 11.1. The molecule has 0 saturated heterocycles. The Hall–Kier alpha value is -2.76. The van der Waals surface area contributed by atoms with Gasteiger partial charge in [-0.25, -0.2) is 9.97 Å². The molecule has 2 heterocycles. The highest BCUT2D eigenvalue weighted by molar-refractivity contribution is 6.10. The van der Waals surface area contributed by atoms with Crippen LogP contribution in [0.4, 0.5) is 5.95 Å². The van der Waals surface area contributed by atoms with Gasteiger partial charge in [-0.05, 0) is 26.0 Å². The number of hydrogen-bond donors (Lipinski definition) is 2. The lowest BCUT2D eigenvalue weighted by Crippen LogP contribution is -2.15. The Morgan fingerprint density at radius 2 is 1.85 bits per heavy atom. The quantitative estimate of drug-likeness (QED) is 0.745. The third-order valence-electron chi connectivity index (χ3n) is 2.89. The molecule has 6 heteroatoms. The van der Waals surface area contributed by atoms with E-state index in [1.54, 1.807) is 0 Å². The standard InChI is InChI=1S/C14H13N5O/c1-8-7-9(2)16-14(15-8)17-13(20)12-10-5-3-4-6-11(10)18-19-12/h3-7H,1-2H3,(H,18,19)(H,15,16,17,20). The van der Waals surface area contributed by atoms with Crippen LogP contribution < -0.4 is 5.32 Å². The van der Waals surface area contributed by atoms with Crippen LogP contribution in [-0.2, 0) is 0 Å². The Kier molecular flexibility index (Phi) is 2.90. The molecule has 2 aromatic heterocycles. The van der Waals surface area contributed by atoms with Gasteiger partial charge in [-0.2, -0.15) is 5.10 Å². The van der Waals surface area contributed by atoms with Crippen molar-refractivity contribution in [2.45, 2.75) is 13.8 Å². The Morgan fingerprint density at radius 3 is 2.60 bits per heavy atom. The first kappa shape index (κ1) is 12.3. The molecule has 0 radical (unpaired) electrons. The van der Waals surface area contributed by atoms with Crippen LogP contribution in [0.25, 0.3) is 10.9 Å². The number of para-hydroxylation sites is 1. The number of rotatable bonds is 2. The second-order valence-electron chi connectivity index (χ2n) is 4.55. The van der Waals surface area contributed by atoms with E-state index in [0.717, 1.165) is 22.3 Å². The smallest absolute Gasteiger partial charge is 0.279 e. The minimum absolute atomic E-state index is 0.291. The second-order valence-corrected chi connectivity index (χ2v) is 4.55. The lowest BCUT2D eigenvalue weighted by Gasteiger charge is -2.04. The molecular weight excluding hydrogens is 254 g/mol. The molecule has 0 aliphatic rings. The molecule has 3 rings (SSSR count). The number of fused-ring (bicyclic) bond motifs is 1. The molecule has 0 atom stereocenters. The van der Waals surface area contributed by atoms with Gasteiger partial charge in [0, 0.05) is 16.8 Å². The Balaban J connectivity index is 1.93. The number of aromatic amines is 1. The predicted molar refractivity (Wildman–Crippen MR) is 75.6 cm³/mol. The van der Waals surface area contributed by atoms with Gasteiger partial charge in [0.05, 0.1) is 5.52 Å². The first-order chi connectivity index (χ1) is 9.63. The normalized spacial score (nSPS) is 10.7. The number of amides is 1. The molecule has 20 heavy (non-hydrogen) atoms. The first-order valence-electron chi connectivity index (χ1n) is 6.20. The zero-order chi connectivity index (χ0) is 14.1. The topological polar surface area (TPSA) is 83.6 Å². The van der Waals surface area contributed by atoms with E-state index >= 15 is 0 Å². The minimum Gasteiger partial charge on any atom is -0.289 e. The van der Waals surface area contributed by atoms with Crippen molar-refractivity contribution >= 4 is 22.8 Å². The van der Waals surface area contributed by atoms with Gasteiger partial charge in [-0.3, -0.25) is 15.2 Å². The van der Waals surface area contributed by atoms with Crippen LogP contribution in [0, 0.1) is 13.8 Å². The molecule has 2 N–H and O–H groups in total. The molecular formula is C14H13N5O. The predicted octanol–water partition coefficient (Wildman–Crippen LogP) is 2.22. The van der Waals surface area contributed by atoms with E-state index in [1.807, 2.05) is 44.2 Å². The molecule has 0 spiro atoms. The third kappa shape index (κ3) is 2.23. The van der Waals surface area contributed by atoms with Crippen LogP contribution in [0.5, 0.6) is 0 Å². The van der Waals surface area contributed by atoms with Crippen molar-refractivity contribution in [1.82, 2.24) is 20.2 Å². The second kappa shape index (κ2) is 4.73. The van der Waals surface area contributed by atoms with Gasteiger partial charge < -0.3 is 0 Å². The highest BCUT2D eigenvalue weighted by Gasteiger charge is 2.15. The highest BCUT2D eigenvalue weighted by atomic mass is 16.2. The van der Waals surface area contributed by atoms with E-state index in [-0.39, 0.29) is 5.91 Å². The first-order valence-corrected chi connectivity index (χ1v) is 6.20. The number of carbonyl (C=O) groups excluding carboxylic acids is 1. The van der Waals surface area contributed by atoms with Crippen molar-refractivity contribution in [2.75, 3.05) is 5.32 Å². The monoisotopic (exact) mass is 267 g/mol. The van der Waals surface area contributed by atoms with Gasteiger partial charge in [0.1, 0.15) is 0 Å². The van der Waals surface area contributed by atoms with E-state index in [2.05, 4.69) is 25.5 Å². The summed E-state index contributed by atoms with van der Waals surface area (Å²) in [6, 6.07) is 9.30. The molecule has 1 aromatic carbocycles. The van der Waals surface area contributed by atoms with Crippen molar-refractivity contribution in [3.8, 4) is 0 Å². The number of hydrogen-bond acceptors (Lipinski definition) is 4. The van der Waals surface area contributed by atoms with E-state index in [4.69, 9.17) is 0 Å². The van der Waals surface area contributed by atoms with Crippen LogP contribution in [0.15, 0.2) is 30.3 Å². The van der Waals surface area contributed by atoms with E-state index < -0.39 is 0 Å². The van der Waals surface area contributed by atoms with Crippen molar-refractivity contribution in [3.05, 3.63) is 47.4 Å². The van der Waals surface area contributed by atoms with E-state index in [0.29, 0.717) is 11.6 Å². The summed E-state index contributed by atoms with van der Waals surface area (Å²) in [6.07, 6.45) is 0. The van der Waals surface area contributed by atoms with Crippen LogP contribution in [0.1, 0.15) is 21.9 Å². The number of nitrogens with one attached hydrogen (secondary N) is 2. The van der Waals surface area contributed by atoms with Gasteiger partial charge in [-0.1, -0.05) is 18.2 Å². The number of aryl methyl sites for hydroxylation is 2. The summed E-state index contributed by atoms with van der Waals surface area (Å²) in [5, 5.41) is 10.3. The maximum Gasteiger partial charge on any atom is 0.279 e. The number of anilines is 1. The summed E-state index contributed by atoms with van der Waals surface area (Å²) in [4.78, 5) is 20.6. The van der Waals surface area contributed by atoms with Crippen molar-refractivity contribution in [2.24, 2.45) is 0 Å². The fraction of sp³-hybridized carbons (Fsp3) is 0.143. The Bertz CT molecular complexity index is 773. The SMILES string of the molecule is Cc1cc(C)nc(NC(=O)c2n[nH]c3ccccc23)n1. The summed E-state index contributed by atoms with van der Waals surface area (Å²) < 4.78 is 0. The fourth-order valence-corrected chi connectivity index (χ4v) is 2.08. The fourth-order valence-electron chi connectivity index (χ4n) is 2.08. The van der Waals surface area contributed by atoms with E-state index in [1.165, 1.54) is 0 Å². The number of benzene rings is 1. The minimum atomic E-state index is -0.326. The largest absolute Gasteiger partial charge is 0.289 e. The lowest BCUT2D eigenvalue weighted by molar-refractivity contribution is 0.102. The highest BCUT2D eigenvalue weighted by Crippen LogP contribution is 2.16. The molecule has 0 aliphatic carbocycles. The van der Waals surface area contributed by atoms with Crippen molar-refractivity contribution in [3.63, 3.8) is 0 Å². The summed E-state index contributed by atoms with van der Waals surface area (Å²) in [5.41, 5.74) is 2.77. The Morgan fingerprint density at radius 1 is 1.15 bits per heavy atom. The van der Waals surface area contributed by atoms with Gasteiger partial charge in [0.25, 0.3) is 5.91 Å². The molecule has 100 valence electrons. The molecule has 6 nitrogen and oxygen atoms in total. The maximum absolute atomic E-state index is 12.2.